The minimum Gasteiger partial charge on any atom is -0.490 e. The number of rotatable bonds is 8. The molecule has 7 nitrogen and oxygen atoms in total. The minimum atomic E-state index is -0.538. The molecule has 0 fully saturated rings. The van der Waals surface area contributed by atoms with E-state index >= 15 is 0 Å². The van der Waals surface area contributed by atoms with Crippen molar-refractivity contribution in [1.29, 1.82) is 0 Å². The van der Waals surface area contributed by atoms with Crippen LogP contribution in [0.15, 0.2) is 71.4 Å². The molecular formula is C28H25IN2O5. The molecule has 3 aromatic rings. The van der Waals surface area contributed by atoms with Gasteiger partial charge < -0.3 is 19.5 Å². The Balaban J connectivity index is 1.58. The molecule has 4 rings (SSSR count). The smallest absolute Gasteiger partial charge is 0.363 e. The summed E-state index contributed by atoms with van der Waals surface area (Å²) in [6.07, 6.45) is 1.66. The van der Waals surface area contributed by atoms with Crippen LogP contribution >= 0.6 is 22.6 Å². The first kappa shape index (κ1) is 25.4. The Kier molecular flexibility index (Phi) is 8.04. The van der Waals surface area contributed by atoms with E-state index < -0.39 is 5.97 Å². The maximum absolute atomic E-state index is 12.5. The zero-order valence-electron chi connectivity index (χ0n) is 20.1. The largest absolute Gasteiger partial charge is 0.490 e. The number of carbonyl (C=O) groups is 2. The fourth-order valence-electron chi connectivity index (χ4n) is 3.59. The number of cyclic esters (lactones) is 1. The van der Waals surface area contributed by atoms with Crippen molar-refractivity contribution < 1.29 is 23.8 Å². The van der Waals surface area contributed by atoms with Crippen molar-refractivity contribution in [3.05, 3.63) is 92.2 Å². The molecule has 0 atom stereocenters. The van der Waals surface area contributed by atoms with Crippen molar-refractivity contribution in [2.24, 2.45) is 4.99 Å². The van der Waals surface area contributed by atoms with Crippen LogP contribution in [-0.2, 0) is 20.9 Å². The Labute approximate surface area is 223 Å². The van der Waals surface area contributed by atoms with Gasteiger partial charge in [0, 0.05) is 18.2 Å². The van der Waals surface area contributed by atoms with E-state index in [1.54, 1.807) is 30.3 Å². The molecule has 1 aliphatic rings. The van der Waals surface area contributed by atoms with Gasteiger partial charge in [-0.15, -0.1) is 0 Å². The topological polar surface area (TPSA) is 86.2 Å². The Hall–Kier alpha value is -3.66. The second-order valence-corrected chi connectivity index (χ2v) is 9.23. The lowest BCUT2D eigenvalue weighted by atomic mass is 10.1. The van der Waals surface area contributed by atoms with Crippen LogP contribution in [0.1, 0.15) is 36.1 Å². The third-order valence-corrected chi connectivity index (χ3v) is 6.14. The highest BCUT2D eigenvalue weighted by Gasteiger charge is 2.24. The molecule has 3 aromatic carbocycles. The van der Waals surface area contributed by atoms with Crippen molar-refractivity contribution >= 4 is 52.1 Å². The number of aryl methyl sites for hydroxylation is 1. The molecule has 0 spiro atoms. The van der Waals surface area contributed by atoms with E-state index in [9.17, 15) is 9.59 Å². The monoisotopic (exact) mass is 596 g/mol. The Bertz CT molecular complexity index is 1360. The SMILES string of the molecule is CCOc1cc(/C=C2\N=C(c3ccc(NC(C)=O)cc3)OC2=O)cc(I)c1OCc1ccccc1C. The molecule has 1 aliphatic heterocycles. The Morgan fingerprint density at radius 2 is 1.86 bits per heavy atom. The summed E-state index contributed by atoms with van der Waals surface area (Å²) in [5.41, 5.74) is 4.46. The summed E-state index contributed by atoms with van der Waals surface area (Å²) in [4.78, 5) is 28.1. The third-order valence-electron chi connectivity index (χ3n) is 5.34. The van der Waals surface area contributed by atoms with Gasteiger partial charge in [-0.1, -0.05) is 24.3 Å². The third kappa shape index (κ3) is 6.12. The summed E-state index contributed by atoms with van der Waals surface area (Å²) < 4.78 is 18.2. The minimum absolute atomic E-state index is 0.162. The summed E-state index contributed by atoms with van der Waals surface area (Å²) in [6, 6.07) is 18.7. The fourth-order valence-corrected chi connectivity index (χ4v) is 4.37. The van der Waals surface area contributed by atoms with Gasteiger partial charge in [0.1, 0.15) is 6.61 Å². The second kappa shape index (κ2) is 11.4. The van der Waals surface area contributed by atoms with Gasteiger partial charge in [0.15, 0.2) is 17.2 Å². The number of ether oxygens (including phenoxy) is 3. The van der Waals surface area contributed by atoms with Crippen molar-refractivity contribution in [3.8, 4) is 11.5 Å². The average molecular weight is 596 g/mol. The molecule has 0 aliphatic carbocycles. The first-order valence-corrected chi connectivity index (χ1v) is 12.5. The normalized spacial score (nSPS) is 13.8. The van der Waals surface area contributed by atoms with Gasteiger partial charge in [0.2, 0.25) is 11.8 Å². The Morgan fingerprint density at radius 1 is 1.11 bits per heavy atom. The number of halogens is 1. The lowest BCUT2D eigenvalue weighted by Gasteiger charge is -2.15. The van der Waals surface area contributed by atoms with Crippen LogP contribution in [0.25, 0.3) is 6.08 Å². The molecule has 1 heterocycles. The van der Waals surface area contributed by atoms with E-state index in [1.807, 2.05) is 37.3 Å². The lowest BCUT2D eigenvalue weighted by molar-refractivity contribution is -0.129. The van der Waals surface area contributed by atoms with E-state index in [4.69, 9.17) is 14.2 Å². The summed E-state index contributed by atoms with van der Waals surface area (Å²) in [6.45, 7) is 6.29. The number of hydrogen-bond donors (Lipinski definition) is 1. The van der Waals surface area contributed by atoms with E-state index in [-0.39, 0.29) is 17.5 Å². The number of carbonyl (C=O) groups excluding carboxylic acids is 2. The maximum atomic E-state index is 12.5. The fraction of sp³-hybridized carbons (Fsp3) is 0.179. The number of nitrogens with one attached hydrogen (secondary N) is 1. The molecule has 0 saturated heterocycles. The predicted octanol–water partition coefficient (Wildman–Crippen LogP) is 5.88. The number of nitrogens with zero attached hydrogens (tertiary/aromatic N) is 1. The van der Waals surface area contributed by atoms with Crippen LogP contribution in [-0.4, -0.2) is 24.4 Å². The van der Waals surface area contributed by atoms with E-state index in [1.165, 1.54) is 6.92 Å². The molecule has 8 heteroatoms. The number of anilines is 1. The summed E-state index contributed by atoms with van der Waals surface area (Å²) in [5.74, 6) is 0.752. The standard InChI is InChI=1S/C28H25IN2O5/c1-4-34-25-15-19(13-23(29)26(25)35-16-21-8-6-5-7-17(21)2)14-24-28(33)36-27(31-24)20-9-11-22(12-10-20)30-18(3)32/h5-15H,4,16H2,1-3H3,(H,30,32)/b24-14-. The second-order valence-electron chi connectivity index (χ2n) is 8.07. The van der Waals surface area contributed by atoms with Crippen molar-refractivity contribution in [2.45, 2.75) is 27.4 Å². The molecular weight excluding hydrogens is 571 g/mol. The number of benzene rings is 3. The molecule has 1 N–H and O–H groups in total. The number of amides is 1. The van der Waals surface area contributed by atoms with Gasteiger partial charge >= 0.3 is 5.97 Å². The highest BCUT2D eigenvalue weighted by molar-refractivity contribution is 14.1. The number of esters is 1. The zero-order valence-corrected chi connectivity index (χ0v) is 22.3. The van der Waals surface area contributed by atoms with Crippen LogP contribution in [0.5, 0.6) is 11.5 Å². The summed E-state index contributed by atoms with van der Waals surface area (Å²) >= 11 is 2.20. The van der Waals surface area contributed by atoms with Crippen LogP contribution in [0.3, 0.4) is 0 Å². The maximum Gasteiger partial charge on any atom is 0.363 e. The number of aliphatic imine (C=N–C) groups is 1. The van der Waals surface area contributed by atoms with E-state index in [0.29, 0.717) is 36.0 Å². The quantitative estimate of drug-likeness (QED) is 0.200. The van der Waals surface area contributed by atoms with Gasteiger partial charge in [-0.25, -0.2) is 9.79 Å². The molecule has 0 bridgehead atoms. The van der Waals surface area contributed by atoms with Gasteiger partial charge in [-0.05, 0) is 95.6 Å². The lowest BCUT2D eigenvalue weighted by Crippen LogP contribution is -2.07. The highest BCUT2D eigenvalue weighted by Crippen LogP contribution is 2.36. The van der Waals surface area contributed by atoms with Crippen LogP contribution in [0.4, 0.5) is 5.69 Å². The van der Waals surface area contributed by atoms with E-state index in [2.05, 4.69) is 45.9 Å². The molecule has 184 valence electrons. The molecule has 0 unspecified atom stereocenters. The average Bonchev–Trinajstić information content (AvgIpc) is 3.20. The molecule has 0 aromatic heterocycles. The first-order valence-electron chi connectivity index (χ1n) is 11.4. The molecule has 36 heavy (non-hydrogen) atoms. The van der Waals surface area contributed by atoms with Crippen molar-refractivity contribution in [3.63, 3.8) is 0 Å². The molecule has 1 amide bonds. The van der Waals surface area contributed by atoms with Crippen LogP contribution in [0.2, 0.25) is 0 Å². The first-order chi connectivity index (χ1) is 17.3. The van der Waals surface area contributed by atoms with Gasteiger partial charge in [0.05, 0.1) is 10.2 Å². The van der Waals surface area contributed by atoms with Gasteiger partial charge in [-0.3, -0.25) is 4.79 Å². The number of hydrogen-bond acceptors (Lipinski definition) is 6. The van der Waals surface area contributed by atoms with Crippen molar-refractivity contribution in [2.75, 3.05) is 11.9 Å². The molecule has 0 saturated carbocycles. The van der Waals surface area contributed by atoms with Crippen molar-refractivity contribution in [1.82, 2.24) is 0 Å². The van der Waals surface area contributed by atoms with E-state index in [0.717, 1.165) is 20.3 Å². The predicted molar refractivity (Wildman–Crippen MR) is 147 cm³/mol. The molecule has 0 radical (unpaired) electrons. The van der Waals surface area contributed by atoms with Crippen LogP contribution < -0.4 is 14.8 Å². The summed E-state index contributed by atoms with van der Waals surface area (Å²) in [7, 11) is 0. The summed E-state index contributed by atoms with van der Waals surface area (Å²) in [5, 5.41) is 2.70. The Morgan fingerprint density at radius 3 is 2.56 bits per heavy atom. The van der Waals surface area contributed by atoms with Crippen LogP contribution in [0, 0.1) is 10.5 Å². The zero-order chi connectivity index (χ0) is 25.7. The highest BCUT2D eigenvalue weighted by atomic mass is 127. The van der Waals surface area contributed by atoms with Gasteiger partial charge in [0.25, 0.3) is 0 Å². The van der Waals surface area contributed by atoms with Gasteiger partial charge in [-0.2, -0.15) is 0 Å².